The fourth-order valence-electron chi connectivity index (χ4n) is 2.06. The Labute approximate surface area is 133 Å². The van der Waals surface area contributed by atoms with Crippen molar-refractivity contribution < 1.29 is 0 Å². The van der Waals surface area contributed by atoms with E-state index in [0.29, 0.717) is 11.6 Å². The lowest BCUT2D eigenvalue weighted by molar-refractivity contribution is 0.564. The Kier molecular flexibility index (Phi) is 4.04. The second-order valence-electron chi connectivity index (χ2n) is 5.86. The first-order valence-corrected chi connectivity index (χ1v) is 7.68. The van der Waals surface area contributed by atoms with Gasteiger partial charge in [0.25, 0.3) is 0 Å². The van der Waals surface area contributed by atoms with Crippen molar-refractivity contribution in [2.24, 2.45) is 7.05 Å². The molecule has 0 aromatic carbocycles. The van der Waals surface area contributed by atoms with Gasteiger partial charge in [0.05, 0.1) is 20.5 Å². The van der Waals surface area contributed by atoms with Crippen molar-refractivity contribution in [3.05, 3.63) is 21.2 Å². The number of halogens is 1. The SMILES string of the molecule is CCc1nn(C)cc1-c1nc(N)c(I)c(C(C)(C)C)n1. The molecule has 2 aromatic heterocycles. The van der Waals surface area contributed by atoms with Crippen LogP contribution in [-0.2, 0) is 18.9 Å². The van der Waals surface area contributed by atoms with Gasteiger partial charge in [-0.2, -0.15) is 5.10 Å². The molecule has 0 bridgehead atoms. The summed E-state index contributed by atoms with van der Waals surface area (Å²) in [5.74, 6) is 1.20. The molecule has 0 aliphatic rings. The zero-order valence-corrected chi connectivity index (χ0v) is 14.7. The molecule has 0 saturated carbocycles. The van der Waals surface area contributed by atoms with Crippen LogP contribution in [0.3, 0.4) is 0 Å². The molecule has 2 aromatic rings. The van der Waals surface area contributed by atoms with Crippen LogP contribution >= 0.6 is 22.6 Å². The summed E-state index contributed by atoms with van der Waals surface area (Å²) in [6.45, 7) is 8.46. The smallest absolute Gasteiger partial charge is 0.165 e. The summed E-state index contributed by atoms with van der Waals surface area (Å²) < 4.78 is 2.73. The van der Waals surface area contributed by atoms with E-state index in [4.69, 9.17) is 10.7 Å². The van der Waals surface area contributed by atoms with Gasteiger partial charge in [-0.1, -0.05) is 27.7 Å². The molecule has 2 N–H and O–H groups in total. The molecular formula is C14H20IN5. The Morgan fingerprint density at radius 2 is 1.95 bits per heavy atom. The standard InChI is InChI=1S/C14H20IN5/c1-6-9-8(7-20(5)19-9)13-17-11(14(2,3)4)10(15)12(16)18-13/h7H,6H2,1-5H3,(H2,16,17,18). The van der Waals surface area contributed by atoms with Crippen molar-refractivity contribution in [1.82, 2.24) is 19.7 Å². The van der Waals surface area contributed by atoms with E-state index in [1.165, 1.54) is 0 Å². The molecule has 5 nitrogen and oxygen atoms in total. The molecule has 0 atom stereocenters. The maximum atomic E-state index is 6.07. The lowest BCUT2D eigenvalue weighted by Gasteiger charge is -2.20. The topological polar surface area (TPSA) is 69.6 Å². The van der Waals surface area contributed by atoms with E-state index in [1.807, 2.05) is 13.2 Å². The number of nitrogens with two attached hydrogens (primary N) is 1. The van der Waals surface area contributed by atoms with Crippen molar-refractivity contribution in [2.75, 3.05) is 5.73 Å². The quantitative estimate of drug-likeness (QED) is 0.808. The average Bonchev–Trinajstić information content (AvgIpc) is 2.72. The molecule has 0 spiro atoms. The van der Waals surface area contributed by atoms with Gasteiger partial charge in [0.15, 0.2) is 5.82 Å². The summed E-state index contributed by atoms with van der Waals surface area (Å²) in [7, 11) is 1.91. The van der Waals surface area contributed by atoms with Gasteiger partial charge in [-0.05, 0) is 29.0 Å². The highest BCUT2D eigenvalue weighted by Gasteiger charge is 2.23. The number of nitrogens with zero attached hydrogens (tertiary/aromatic N) is 4. The molecule has 0 radical (unpaired) electrons. The van der Waals surface area contributed by atoms with E-state index >= 15 is 0 Å². The van der Waals surface area contributed by atoms with E-state index in [9.17, 15) is 0 Å². The predicted octanol–water partition coefficient (Wildman–Crippen LogP) is 2.92. The van der Waals surface area contributed by atoms with Crippen LogP contribution in [0.2, 0.25) is 0 Å². The van der Waals surface area contributed by atoms with Crippen molar-refractivity contribution in [2.45, 2.75) is 39.5 Å². The van der Waals surface area contributed by atoms with Gasteiger partial charge in [0.1, 0.15) is 5.82 Å². The molecule has 0 saturated heterocycles. The van der Waals surface area contributed by atoms with Gasteiger partial charge >= 0.3 is 0 Å². The van der Waals surface area contributed by atoms with Gasteiger partial charge in [0.2, 0.25) is 0 Å². The van der Waals surface area contributed by atoms with Gasteiger partial charge in [0, 0.05) is 18.7 Å². The summed E-state index contributed by atoms with van der Waals surface area (Å²) in [5, 5.41) is 4.44. The van der Waals surface area contributed by atoms with Crippen LogP contribution in [-0.4, -0.2) is 19.7 Å². The van der Waals surface area contributed by atoms with Gasteiger partial charge in [-0.3, -0.25) is 4.68 Å². The van der Waals surface area contributed by atoms with Gasteiger partial charge < -0.3 is 5.73 Å². The molecule has 6 heteroatoms. The summed E-state index contributed by atoms with van der Waals surface area (Å²) in [6, 6.07) is 0. The highest BCUT2D eigenvalue weighted by molar-refractivity contribution is 14.1. The predicted molar refractivity (Wildman–Crippen MR) is 89.4 cm³/mol. The van der Waals surface area contributed by atoms with E-state index in [0.717, 1.165) is 26.9 Å². The van der Waals surface area contributed by atoms with E-state index in [2.05, 4.69) is 60.4 Å². The Morgan fingerprint density at radius 1 is 1.30 bits per heavy atom. The minimum atomic E-state index is -0.0725. The molecule has 0 fully saturated rings. The molecule has 2 heterocycles. The summed E-state index contributed by atoms with van der Waals surface area (Å²) in [5.41, 5.74) is 8.93. The monoisotopic (exact) mass is 385 g/mol. The first-order chi connectivity index (χ1) is 9.24. The molecule has 0 aliphatic heterocycles. The Hall–Kier alpha value is -1.18. The maximum absolute atomic E-state index is 6.07. The Morgan fingerprint density at radius 3 is 2.50 bits per heavy atom. The van der Waals surface area contributed by atoms with Crippen molar-refractivity contribution in [3.8, 4) is 11.4 Å². The molecule has 0 amide bonds. The van der Waals surface area contributed by atoms with E-state index in [-0.39, 0.29) is 5.41 Å². The van der Waals surface area contributed by atoms with E-state index in [1.54, 1.807) is 4.68 Å². The fourth-order valence-corrected chi connectivity index (χ4v) is 3.11. The second kappa shape index (κ2) is 5.31. The molecule has 0 unspecified atom stereocenters. The number of nitrogen functional groups attached to an aromatic ring is 1. The summed E-state index contributed by atoms with van der Waals surface area (Å²) >= 11 is 2.22. The number of hydrogen-bond donors (Lipinski definition) is 1. The lowest BCUT2D eigenvalue weighted by Crippen LogP contribution is -2.18. The lowest BCUT2D eigenvalue weighted by atomic mass is 9.92. The Bertz CT molecular complexity index is 640. The van der Waals surface area contributed by atoms with Crippen LogP contribution < -0.4 is 5.73 Å². The number of hydrogen-bond acceptors (Lipinski definition) is 4. The van der Waals surface area contributed by atoms with Crippen molar-refractivity contribution in [1.29, 1.82) is 0 Å². The van der Waals surface area contributed by atoms with Crippen molar-refractivity contribution >= 4 is 28.4 Å². The second-order valence-corrected chi connectivity index (χ2v) is 6.94. The third-order valence-corrected chi connectivity index (χ3v) is 4.13. The van der Waals surface area contributed by atoms with Gasteiger partial charge in [-0.25, -0.2) is 9.97 Å². The minimum Gasteiger partial charge on any atom is -0.383 e. The minimum absolute atomic E-state index is 0.0725. The first kappa shape index (κ1) is 15.2. The molecule has 20 heavy (non-hydrogen) atoms. The average molecular weight is 385 g/mol. The highest BCUT2D eigenvalue weighted by atomic mass is 127. The number of aromatic nitrogens is 4. The zero-order chi connectivity index (χ0) is 15.1. The number of anilines is 1. The largest absolute Gasteiger partial charge is 0.383 e. The molecule has 0 aliphatic carbocycles. The summed E-state index contributed by atoms with van der Waals surface area (Å²) in [6.07, 6.45) is 2.79. The number of rotatable bonds is 2. The maximum Gasteiger partial charge on any atom is 0.165 e. The molecule has 2 rings (SSSR count). The Balaban J connectivity index is 2.67. The third-order valence-electron chi connectivity index (χ3n) is 3.07. The molecular weight excluding hydrogens is 365 g/mol. The molecule has 108 valence electrons. The van der Waals surface area contributed by atoms with Crippen LogP contribution in [0.1, 0.15) is 39.1 Å². The van der Waals surface area contributed by atoms with Crippen LogP contribution in [0.15, 0.2) is 6.20 Å². The summed E-state index contributed by atoms with van der Waals surface area (Å²) in [4.78, 5) is 9.19. The van der Waals surface area contributed by atoms with Crippen LogP contribution in [0, 0.1) is 3.57 Å². The normalized spacial score (nSPS) is 11.9. The zero-order valence-electron chi connectivity index (χ0n) is 12.5. The van der Waals surface area contributed by atoms with Crippen LogP contribution in [0.4, 0.5) is 5.82 Å². The van der Waals surface area contributed by atoms with Crippen molar-refractivity contribution in [3.63, 3.8) is 0 Å². The third kappa shape index (κ3) is 2.79. The fraction of sp³-hybridized carbons (Fsp3) is 0.500. The van der Waals surface area contributed by atoms with Crippen LogP contribution in [0.25, 0.3) is 11.4 Å². The number of aryl methyl sites for hydroxylation is 2. The van der Waals surface area contributed by atoms with Gasteiger partial charge in [-0.15, -0.1) is 0 Å². The highest BCUT2D eigenvalue weighted by Crippen LogP contribution is 2.31. The first-order valence-electron chi connectivity index (χ1n) is 6.60. The van der Waals surface area contributed by atoms with Crippen LogP contribution in [0.5, 0.6) is 0 Å². The van der Waals surface area contributed by atoms with E-state index < -0.39 is 0 Å².